The van der Waals surface area contributed by atoms with E-state index in [-0.39, 0.29) is 21.9 Å². The number of nitrogens with zero attached hydrogens (tertiary/aromatic N) is 3. The highest BCUT2D eigenvalue weighted by Gasteiger charge is 2.10. The molecule has 0 atom stereocenters. The van der Waals surface area contributed by atoms with Crippen molar-refractivity contribution in [2.45, 2.75) is 6.92 Å². The summed E-state index contributed by atoms with van der Waals surface area (Å²) in [6, 6.07) is 4.71. The summed E-state index contributed by atoms with van der Waals surface area (Å²) in [5, 5.41) is 9.74. The number of hydrogen-bond donors (Lipinski definition) is 1. The predicted octanol–water partition coefficient (Wildman–Crippen LogP) is 3.37. The number of nitrogens with one attached hydrogen (secondary N) is 1. The van der Waals surface area contributed by atoms with Crippen molar-refractivity contribution in [3.05, 3.63) is 40.0 Å². The fraction of sp³-hybridized carbons (Fsp3) is 0.100. The second kappa shape index (κ2) is 4.81. The Morgan fingerprint density at radius 3 is 2.71 bits per heavy atom. The molecule has 0 aliphatic rings. The summed E-state index contributed by atoms with van der Waals surface area (Å²) in [4.78, 5) is 3.83. The molecule has 0 saturated carbocycles. The molecule has 0 radical (unpaired) electrons. The van der Waals surface area contributed by atoms with Gasteiger partial charge < -0.3 is 5.32 Å². The second-order valence-corrected chi connectivity index (χ2v) is 3.97. The molecule has 0 aliphatic heterocycles. The number of aromatic nitrogens is 3. The summed E-state index contributed by atoms with van der Waals surface area (Å²) in [5.74, 6) is -0.240. The van der Waals surface area contributed by atoms with Gasteiger partial charge in [-0.05, 0) is 30.2 Å². The Kier molecular flexibility index (Phi) is 3.40. The highest BCUT2D eigenvalue weighted by molar-refractivity contribution is 6.32. The van der Waals surface area contributed by atoms with Crippen LogP contribution in [0.5, 0.6) is 0 Å². The standard InChI is InChI=1S/C10H7Cl2FN4/c1-5-3-2-4-6(13)7(5)14-9-8(11)16-17-10(12)15-9/h2-4H,1H3,(H,14,15,17). The molecule has 0 spiro atoms. The molecule has 0 aliphatic carbocycles. The first-order valence-electron chi connectivity index (χ1n) is 4.66. The highest BCUT2D eigenvalue weighted by Crippen LogP contribution is 2.26. The van der Waals surface area contributed by atoms with Crippen molar-refractivity contribution in [2.24, 2.45) is 0 Å². The van der Waals surface area contributed by atoms with Crippen LogP contribution in [-0.4, -0.2) is 15.2 Å². The minimum Gasteiger partial charge on any atom is -0.335 e. The Bertz CT molecular complexity index is 542. The first-order chi connectivity index (χ1) is 8.08. The zero-order valence-electron chi connectivity index (χ0n) is 8.71. The minimum absolute atomic E-state index is 0.0250. The van der Waals surface area contributed by atoms with E-state index < -0.39 is 5.82 Å². The van der Waals surface area contributed by atoms with E-state index in [1.807, 2.05) is 0 Å². The van der Waals surface area contributed by atoms with Crippen LogP contribution in [0, 0.1) is 12.7 Å². The van der Waals surface area contributed by atoms with Crippen molar-refractivity contribution in [1.82, 2.24) is 15.2 Å². The zero-order chi connectivity index (χ0) is 12.4. The summed E-state index contributed by atoms with van der Waals surface area (Å²) in [6.45, 7) is 1.76. The Hall–Kier alpha value is -1.46. The zero-order valence-corrected chi connectivity index (χ0v) is 10.2. The van der Waals surface area contributed by atoms with Gasteiger partial charge in [-0.15, -0.1) is 10.2 Å². The average molecular weight is 273 g/mol. The number of rotatable bonds is 2. The van der Waals surface area contributed by atoms with Crippen LogP contribution in [0.25, 0.3) is 0 Å². The molecule has 17 heavy (non-hydrogen) atoms. The summed E-state index contributed by atoms with van der Waals surface area (Å²) in [5.41, 5.74) is 1.00. The first kappa shape index (κ1) is 12.0. The van der Waals surface area contributed by atoms with Crippen LogP contribution in [0.1, 0.15) is 5.56 Å². The molecule has 1 aromatic carbocycles. The van der Waals surface area contributed by atoms with Crippen LogP contribution in [0.2, 0.25) is 10.4 Å². The van der Waals surface area contributed by atoms with Gasteiger partial charge in [0.1, 0.15) is 5.82 Å². The highest BCUT2D eigenvalue weighted by atomic mass is 35.5. The monoisotopic (exact) mass is 272 g/mol. The van der Waals surface area contributed by atoms with Gasteiger partial charge in [0.25, 0.3) is 0 Å². The van der Waals surface area contributed by atoms with Gasteiger partial charge in [-0.3, -0.25) is 0 Å². The van der Waals surface area contributed by atoms with Gasteiger partial charge in [0.05, 0.1) is 5.69 Å². The van der Waals surface area contributed by atoms with Gasteiger partial charge in [0, 0.05) is 0 Å². The predicted molar refractivity (Wildman–Crippen MR) is 64.3 cm³/mol. The lowest BCUT2D eigenvalue weighted by Gasteiger charge is -2.10. The van der Waals surface area contributed by atoms with Crippen molar-refractivity contribution in [3.63, 3.8) is 0 Å². The van der Waals surface area contributed by atoms with Crippen molar-refractivity contribution >= 4 is 34.7 Å². The van der Waals surface area contributed by atoms with E-state index in [0.29, 0.717) is 0 Å². The number of hydrogen-bond acceptors (Lipinski definition) is 4. The van der Waals surface area contributed by atoms with Crippen LogP contribution >= 0.6 is 23.2 Å². The fourth-order valence-corrected chi connectivity index (χ4v) is 1.53. The molecular weight excluding hydrogens is 266 g/mol. The van der Waals surface area contributed by atoms with E-state index in [4.69, 9.17) is 23.2 Å². The number of halogens is 3. The second-order valence-electron chi connectivity index (χ2n) is 3.28. The lowest BCUT2D eigenvalue weighted by molar-refractivity contribution is 0.630. The van der Waals surface area contributed by atoms with Crippen LogP contribution in [-0.2, 0) is 0 Å². The van der Waals surface area contributed by atoms with Crippen LogP contribution in [0.4, 0.5) is 15.9 Å². The Morgan fingerprint density at radius 2 is 2.00 bits per heavy atom. The summed E-state index contributed by atoms with van der Waals surface area (Å²) < 4.78 is 13.6. The number of aryl methyl sites for hydroxylation is 1. The first-order valence-corrected chi connectivity index (χ1v) is 5.41. The number of benzene rings is 1. The Labute approximate surface area is 107 Å². The van der Waals surface area contributed by atoms with Gasteiger partial charge in [0.15, 0.2) is 11.0 Å². The molecule has 0 unspecified atom stereocenters. The third kappa shape index (κ3) is 2.62. The molecule has 1 aromatic heterocycles. The molecule has 0 bridgehead atoms. The number of anilines is 2. The van der Waals surface area contributed by atoms with Gasteiger partial charge in [-0.1, -0.05) is 23.7 Å². The molecule has 2 rings (SSSR count). The van der Waals surface area contributed by atoms with E-state index in [1.54, 1.807) is 19.1 Å². The molecule has 0 fully saturated rings. The molecule has 7 heteroatoms. The lowest BCUT2D eigenvalue weighted by atomic mass is 10.2. The fourth-order valence-electron chi connectivity index (χ4n) is 1.28. The van der Waals surface area contributed by atoms with E-state index in [9.17, 15) is 4.39 Å². The van der Waals surface area contributed by atoms with Crippen molar-refractivity contribution in [1.29, 1.82) is 0 Å². The van der Waals surface area contributed by atoms with E-state index >= 15 is 0 Å². The molecule has 0 amide bonds. The van der Waals surface area contributed by atoms with E-state index in [2.05, 4.69) is 20.5 Å². The smallest absolute Gasteiger partial charge is 0.245 e. The van der Waals surface area contributed by atoms with E-state index in [1.165, 1.54) is 6.07 Å². The van der Waals surface area contributed by atoms with Gasteiger partial charge in [0.2, 0.25) is 5.28 Å². The maximum atomic E-state index is 13.6. The molecular formula is C10H7Cl2FN4. The van der Waals surface area contributed by atoms with Crippen LogP contribution in [0.15, 0.2) is 18.2 Å². The molecule has 88 valence electrons. The molecule has 2 aromatic rings. The lowest BCUT2D eigenvalue weighted by Crippen LogP contribution is -2.02. The summed E-state index contributed by atoms with van der Waals surface area (Å²) in [7, 11) is 0. The van der Waals surface area contributed by atoms with Crippen molar-refractivity contribution in [3.8, 4) is 0 Å². The quantitative estimate of drug-likeness (QED) is 0.911. The van der Waals surface area contributed by atoms with Gasteiger partial charge in [-0.2, -0.15) is 4.98 Å². The van der Waals surface area contributed by atoms with Crippen LogP contribution in [0.3, 0.4) is 0 Å². The normalized spacial score (nSPS) is 10.4. The van der Waals surface area contributed by atoms with Crippen molar-refractivity contribution < 1.29 is 4.39 Å². The van der Waals surface area contributed by atoms with Gasteiger partial charge in [-0.25, -0.2) is 4.39 Å². The van der Waals surface area contributed by atoms with Gasteiger partial charge >= 0.3 is 0 Å². The molecule has 1 heterocycles. The van der Waals surface area contributed by atoms with E-state index in [0.717, 1.165) is 5.56 Å². The third-order valence-electron chi connectivity index (χ3n) is 2.09. The molecule has 4 nitrogen and oxygen atoms in total. The maximum absolute atomic E-state index is 13.6. The third-order valence-corrected chi connectivity index (χ3v) is 2.50. The Balaban J connectivity index is 2.41. The largest absolute Gasteiger partial charge is 0.335 e. The van der Waals surface area contributed by atoms with Crippen molar-refractivity contribution in [2.75, 3.05) is 5.32 Å². The SMILES string of the molecule is Cc1cccc(F)c1Nc1nc(Cl)nnc1Cl. The molecule has 1 N–H and O–H groups in total. The molecule has 0 saturated heterocycles. The Morgan fingerprint density at radius 1 is 1.24 bits per heavy atom. The number of para-hydroxylation sites is 1. The maximum Gasteiger partial charge on any atom is 0.245 e. The minimum atomic E-state index is -0.407. The topological polar surface area (TPSA) is 50.7 Å². The summed E-state index contributed by atoms with van der Waals surface area (Å²) >= 11 is 11.4. The average Bonchev–Trinajstić information content (AvgIpc) is 2.28. The summed E-state index contributed by atoms with van der Waals surface area (Å²) in [6.07, 6.45) is 0. The van der Waals surface area contributed by atoms with Crippen LogP contribution < -0.4 is 5.32 Å².